The summed E-state index contributed by atoms with van der Waals surface area (Å²) in [6, 6.07) is 16.8. The Bertz CT molecular complexity index is 1270. The van der Waals surface area contributed by atoms with Crippen LogP contribution in [0.15, 0.2) is 82.3 Å². The molecule has 0 saturated heterocycles. The molecule has 9 heteroatoms. The van der Waals surface area contributed by atoms with E-state index in [1.165, 1.54) is 30.5 Å². The Hall–Kier alpha value is -3.69. The van der Waals surface area contributed by atoms with Gasteiger partial charge in [-0.2, -0.15) is 0 Å². The number of furan rings is 1. The van der Waals surface area contributed by atoms with E-state index >= 15 is 0 Å². The summed E-state index contributed by atoms with van der Waals surface area (Å²) < 4.78 is 37.3. The van der Waals surface area contributed by atoms with Crippen molar-refractivity contribution < 1.29 is 27.2 Å². The molecular formula is C26H28N2O6S. The van der Waals surface area contributed by atoms with Crippen LogP contribution < -0.4 is 10.0 Å². The molecular weight excluding hydrogens is 468 g/mol. The van der Waals surface area contributed by atoms with Gasteiger partial charge in [0.25, 0.3) is 5.91 Å². The van der Waals surface area contributed by atoms with Gasteiger partial charge in [0, 0.05) is 11.8 Å². The van der Waals surface area contributed by atoms with Gasteiger partial charge in [0.05, 0.1) is 17.7 Å². The highest BCUT2D eigenvalue weighted by atomic mass is 32.2. The maximum Gasteiger partial charge on any atom is 0.331 e. The molecule has 0 atom stereocenters. The number of nitrogens with one attached hydrogen (secondary N) is 2. The van der Waals surface area contributed by atoms with Gasteiger partial charge < -0.3 is 14.5 Å². The number of rotatable bonds is 9. The van der Waals surface area contributed by atoms with E-state index in [0.29, 0.717) is 17.0 Å². The second kappa shape index (κ2) is 11.2. The van der Waals surface area contributed by atoms with Crippen molar-refractivity contribution in [3.63, 3.8) is 0 Å². The summed E-state index contributed by atoms with van der Waals surface area (Å²) in [5.74, 6) is -0.648. The molecule has 0 fully saturated rings. The molecule has 3 rings (SSSR count). The highest BCUT2D eigenvalue weighted by molar-refractivity contribution is 7.89. The number of hydrogen-bond acceptors (Lipinski definition) is 6. The van der Waals surface area contributed by atoms with Crippen LogP contribution in [0.2, 0.25) is 0 Å². The Labute approximate surface area is 205 Å². The quantitative estimate of drug-likeness (QED) is 0.338. The lowest BCUT2D eigenvalue weighted by Crippen LogP contribution is -2.22. The molecule has 2 N–H and O–H groups in total. The van der Waals surface area contributed by atoms with E-state index in [1.54, 1.807) is 36.4 Å². The first-order chi connectivity index (χ1) is 16.5. The van der Waals surface area contributed by atoms with Gasteiger partial charge in [0.15, 0.2) is 6.61 Å². The Morgan fingerprint density at radius 1 is 1.00 bits per heavy atom. The molecule has 2 aromatic carbocycles. The number of carbonyl (C=O) groups is 2. The zero-order valence-corrected chi connectivity index (χ0v) is 20.6. The molecule has 0 aliphatic heterocycles. The van der Waals surface area contributed by atoms with Crippen molar-refractivity contribution in [1.29, 1.82) is 0 Å². The average Bonchev–Trinajstić information content (AvgIpc) is 3.34. The maximum atomic E-state index is 12.4. The number of amides is 1. The first kappa shape index (κ1) is 25.9. The van der Waals surface area contributed by atoms with Crippen molar-refractivity contribution in [1.82, 2.24) is 4.72 Å². The Kier molecular flexibility index (Phi) is 8.26. The topological polar surface area (TPSA) is 115 Å². The normalized spacial score (nSPS) is 12.0. The van der Waals surface area contributed by atoms with Gasteiger partial charge in [0.2, 0.25) is 10.0 Å². The minimum absolute atomic E-state index is 0.0102. The third kappa shape index (κ3) is 7.94. The smallest absolute Gasteiger partial charge is 0.331 e. The number of hydrogen-bond donors (Lipinski definition) is 2. The fraction of sp³-hybridized carbons (Fsp3) is 0.231. The van der Waals surface area contributed by atoms with Crippen LogP contribution in [0.5, 0.6) is 0 Å². The fourth-order valence-corrected chi connectivity index (χ4v) is 4.01. The molecule has 0 aliphatic rings. The monoisotopic (exact) mass is 496 g/mol. The van der Waals surface area contributed by atoms with Crippen molar-refractivity contribution in [2.24, 2.45) is 0 Å². The number of ether oxygens (including phenoxy) is 1. The second-order valence-electron chi connectivity index (χ2n) is 8.79. The van der Waals surface area contributed by atoms with Crippen LogP contribution in [-0.4, -0.2) is 26.9 Å². The van der Waals surface area contributed by atoms with Gasteiger partial charge >= 0.3 is 5.97 Å². The number of anilines is 1. The third-order valence-electron chi connectivity index (χ3n) is 5.00. The van der Waals surface area contributed by atoms with Gasteiger partial charge in [-0.05, 0) is 59.0 Å². The zero-order chi connectivity index (χ0) is 25.5. The van der Waals surface area contributed by atoms with E-state index in [2.05, 4.69) is 30.8 Å². The maximum absolute atomic E-state index is 12.4. The SMILES string of the molecule is CC(C)(C)c1ccc(NC(=O)COC(=O)/C=C/c2ccc(S(=O)(=O)NCc3ccco3)cc2)cc1. The van der Waals surface area contributed by atoms with E-state index in [1.807, 2.05) is 12.1 Å². The van der Waals surface area contributed by atoms with Crippen LogP contribution in [0.4, 0.5) is 5.69 Å². The summed E-state index contributed by atoms with van der Waals surface area (Å²) >= 11 is 0. The summed E-state index contributed by atoms with van der Waals surface area (Å²) in [5.41, 5.74) is 2.36. The largest absolute Gasteiger partial charge is 0.468 e. The minimum Gasteiger partial charge on any atom is -0.468 e. The molecule has 0 radical (unpaired) electrons. The first-order valence-corrected chi connectivity index (χ1v) is 12.4. The Balaban J connectivity index is 1.46. The third-order valence-corrected chi connectivity index (χ3v) is 6.42. The van der Waals surface area contributed by atoms with Crippen LogP contribution in [0.1, 0.15) is 37.7 Å². The predicted molar refractivity (Wildman–Crippen MR) is 133 cm³/mol. The standard InChI is InChI=1S/C26H28N2O6S/c1-26(2,3)20-9-11-21(12-10-20)28-24(29)18-34-25(30)15-8-19-6-13-23(14-7-19)35(31,32)27-17-22-5-4-16-33-22/h4-16,27H,17-18H2,1-3H3,(H,28,29)/b15-8+. The highest BCUT2D eigenvalue weighted by Crippen LogP contribution is 2.23. The number of benzene rings is 2. The molecule has 3 aromatic rings. The molecule has 0 saturated carbocycles. The molecule has 184 valence electrons. The summed E-state index contributed by atoms with van der Waals surface area (Å²) in [6.45, 7) is 5.92. The lowest BCUT2D eigenvalue weighted by Gasteiger charge is -2.19. The van der Waals surface area contributed by atoms with Gasteiger partial charge in [-0.25, -0.2) is 17.9 Å². The van der Waals surface area contributed by atoms with Crippen LogP contribution in [0.25, 0.3) is 6.08 Å². The van der Waals surface area contributed by atoms with Gasteiger partial charge in [-0.15, -0.1) is 0 Å². The molecule has 1 heterocycles. The van der Waals surface area contributed by atoms with Gasteiger partial charge in [-0.1, -0.05) is 45.0 Å². The van der Waals surface area contributed by atoms with Crippen molar-refractivity contribution in [2.75, 3.05) is 11.9 Å². The van der Waals surface area contributed by atoms with Crippen LogP contribution >= 0.6 is 0 Å². The zero-order valence-electron chi connectivity index (χ0n) is 19.8. The second-order valence-corrected chi connectivity index (χ2v) is 10.6. The summed E-state index contributed by atoms with van der Waals surface area (Å²) in [7, 11) is -3.71. The fourth-order valence-electron chi connectivity index (χ4n) is 3.02. The van der Waals surface area contributed by atoms with E-state index in [4.69, 9.17) is 9.15 Å². The van der Waals surface area contributed by atoms with E-state index in [-0.39, 0.29) is 16.9 Å². The van der Waals surface area contributed by atoms with Crippen LogP contribution in [-0.2, 0) is 36.3 Å². The van der Waals surface area contributed by atoms with E-state index in [9.17, 15) is 18.0 Å². The van der Waals surface area contributed by atoms with E-state index in [0.717, 1.165) is 5.56 Å². The number of esters is 1. The average molecular weight is 497 g/mol. The van der Waals surface area contributed by atoms with Crippen molar-refractivity contribution in [2.45, 2.75) is 37.6 Å². The summed E-state index contributed by atoms with van der Waals surface area (Å²) in [5, 5.41) is 2.68. The van der Waals surface area contributed by atoms with Gasteiger partial charge in [0.1, 0.15) is 5.76 Å². The summed E-state index contributed by atoms with van der Waals surface area (Å²) in [4.78, 5) is 24.1. The lowest BCUT2D eigenvalue weighted by atomic mass is 9.87. The lowest BCUT2D eigenvalue weighted by molar-refractivity contribution is -0.142. The Morgan fingerprint density at radius 3 is 2.29 bits per heavy atom. The van der Waals surface area contributed by atoms with Gasteiger partial charge in [-0.3, -0.25) is 4.79 Å². The van der Waals surface area contributed by atoms with Crippen LogP contribution in [0, 0.1) is 0 Å². The van der Waals surface area contributed by atoms with Crippen molar-refractivity contribution >= 4 is 33.7 Å². The van der Waals surface area contributed by atoms with Crippen molar-refractivity contribution in [3.05, 3.63) is 89.9 Å². The number of carbonyl (C=O) groups excluding carboxylic acids is 2. The number of sulfonamides is 1. The molecule has 1 aromatic heterocycles. The molecule has 0 bridgehead atoms. The molecule has 0 unspecified atom stereocenters. The predicted octanol–water partition coefficient (Wildman–Crippen LogP) is 4.25. The molecule has 1 amide bonds. The molecule has 8 nitrogen and oxygen atoms in total. The molecule has 0 spiro atoms. The summed E-state index contributed by atoms with van der Waals surface area (Å²) in [6.07, 6.45) is 4.11. The van der Waals surface area contributed by atoms with Crippen molar-refractivity contribution in [3.8, 4) is 0 Å². The minimum atomic E-state index is -3.71. The highest BCUT2D eigenvalue weighted by Gasteiger charge is 2.15. The van der Waals surface area contributed by atoms with Crippen LogP contribution in [0.3, 0.4) is 0 Å². The Morgan fingerprint density at radius 2 is 1.69 bits per heavy atom. The molecule has 35 heavy (non-hydrogen) atoms. The first-order valence-electron chi connectivity index (χ1n) is 10.9. The molecule has 0 aliphatic carbocycles. The van der Waals surface area contributed by atoms with E-state index < -0.39 is 28.5 Å².